The van der Waals surface area contributed by atoms with Crippen molar-refractivity contribution in [3.8, 4) is 0 Å². The summed E-state index contributed by atoms with van der Waals surface area (Å²) >= 11 is 0. The quantitative estimate of drug-likeness (QED) is 0.785. The maximum absolute atomic E-state index is 5.94. The van der Waals surface area contributed by atoms with Crippen LogP contribution in [0.4, 0.5) is 11.4 Å². The maximum atomic E-state index is 5.94. The second kappa shape index (κ2) is 3.65. The summed E-state index contributed by atoms with van der Waals surface area (Å²) in [5.74, 6) is 0. The minimum Gasteiger partial charge on any atom is -0.396 e. The van der Waals surface area contributed by atoms with Crippen molar-refractivity contribution >= 4 is 11.4 Å². The zero-order valence-corrected chi connectivity index (χ0v) is 9.65. The fourth-order valence-corrected chi connectivity index (χ4v) is 3.24. The smallest absolute Gasteiger partial charge is 0.0738 e. The molecule has 3 heteroatoms. The van der Waals surface area contributed by atoms with E-state index in [4.69, 9.17) is 5.73 Å². The van der Waals surface area contributed by atoms with E-state index < -0.39 is 0 Å². The first-order valence-electron chi connectivity index (χ1n) is 6.24. The highest BCUT2D eigenvalue weighted by molar-refractivity contribution is 5.67. The predicted octanol–water partition coefficient (Wildman–Crippen LogP) is 2.43. The number of hydrogen-bond donors (Lipinski definition) is 1. The molecule has 2 fully saturated rings. The Morgan fingerprint density at radius 1 is 1.19 bits per heavy atom. The molecule has 1 aromatic rings. The summed E-state index contributed by atoms with van der Waals surface area (Å²) in [6.07, 6.45) is 10.7. The lowest BCUT2D eigenvalue weighted by atomic mass is 9.68. The number of anilines is 2. The second-order valence-electron chi connectivity index (χ2n) is 5.35. The van der Waals surface area contributed by atoms with E-state index in [0.29, 0.717) is 5.41 Å². The normalized spacial score (nSPS) is 23.1. The van der Waals surface area contributed by atoms with Gasteiger partial charge in [0, 0.05) is 24.7 Å². The van der Waals surface area contributed by atoms with Crippen LogP contribution in [0.15, 0.2) is 18.5 Å². The third kappa shape index (κ3) is 1.55. The zero-order chi connectivity index (χ0) is 11.0. The van der Waals surface area contributed by atoms with E-state index in [1.54, 1.807) is 6.20 Å². The van der Waals surface area contributed by atoms with Gasteiger partial charge in [-0.15, -0.1) is 0 Å². The van der Waals surface area contributed by atoms with Gasteiger partial charge in [-0.3, -0.25) is 4.98 Å². The minimum atomic E-state index is 0.619. The SMILES string of the molecule is Nc1cnccc1N1CC2(CCCCC2)C1. The Morgan fingerprint density at radius 3 is 2.62 bits per heavy atom. The lowest BCUT2D eigenvalue weighted by Gasteiger charge is -2.53. The van der Waals surface area contributed by atoms with Crippen molar-refractivity contribution < 1.29 is 0 Å². The number of nitrogen functional groups attached to an aromatic ring is 1. The van der Waals surface area contributed by atoms with Crippen LogP contribution >= 0.6 is 0 Å². The molecule has 0 amide bonds. The lowest BCUT2D eigenvalue weighted by Crippen LogP contribution is -2.57. The molecule has 86 valence electrons. The fourth-order valence-electron chi connectivity index (χ4n) is 3.24. The molecule has 1 saturated carbocycles. The van der Waals surface area contributed by atoms with Gasteiger partial charge in [-0.05, 0) is 18.9 Å². The van der Waals surface area contributed by atoms with Crippen LogP contribution < -0.4 is 10.6 Å². The maximum Gasteiger partial charge on any atom is 0.0738 e. The molecular weight excluding hydrogens is 198 g/mol. The number of aromatic nitrogens is 1. The van der Waals surface area contributed by atoms with Crippen molar-refractivity contribution in [2.75, 3.05) is 23.7 Å². The molecule has 3 nitrogen and oxygen atoms in total. The van der Waals surface area contributed by atoms with Gasteiger partial charge in [-0.25, -0.2) is 0 Å². The van der Waals surface area contributed by atoms with Crippen LogP contribution in [0, 0.1) is 5.41 Å². The third-order valence-corrected chi connectivity index (χ3v) is 4.14. The van der Waals surface area contributed by atoms with Gasteiger partial charge in [0.25, 0.3) is 0 Å². The van der Waals surface area contributed by atoms with E-state index in [1.165, 1.54) is 50.9 Å². The number of nitrogens with zero attached hydrogens (tertiary/aromatic N) is 2. The van der Waals surface area contributed by atoms with Crippen molar-refractivity contribution in [3.63, 3.8) is 0 Å². The molecule has 0 atom stereocenters. The Balaban J connectivity index is 1.71. The van der Waals surface area contributed by atoms with Crippen molar-refractivity contribution in [2.45, 2.75) is 32.1 Å². The number of hydrogen-bond acceptors (Lipinski definition) is 3. The summed E-state index contributed by atoms with van der Waals surface area (Å²) in [5, 5.41) is 0. The topological polar surface area (TPSA) is 42.1 Å². The molecule has 3 rings (SSSR count). The number of rotatable bonds is 1. The highest BCUT2D eigenvalue weighted by Crippen LogP contribution is 2.46. The minimum absolute atomic E-state index is 0.619. The van der Waals surface area contributed by atoms with E-state index in [9.17, 15) is 0 Å². The average Bonchev–Trinajstić information content (AvgIpc) is 2.28. The highest BCUT2D eigenvalue weighted by atomic mass is 15.2. The van der Waals surface area contributed by atoms with Crippen LogP contribution in [-0.2, 0) is 0 Å². The van der Waals surface area contributed by atoms with Crippen LogP contribution in [0.1, 0.15) is 32.1 Å². The van der Waals surface area contributed by atoms with Gasteiger partial charge in [-0.1, -0.05) is 19.3 Å². The molecule has 1 spiro atoms. The molecule has 16 heavy (non-hydrogen) atoms. The zero-order valence-electron chi connectivity index (χ0n) is 9.65. The van der Waals surface area contributed by atoms with Crippen molar-refractivity contribution in [1.29, 1.82) is 0 Å². The molecule has 1 aromatic heterocycles. The van der Waals surface area contributed by atoms with E-state index in [-0.39, 0.29) is 0 Å². The Labute approximate surface area is 96.7 Å². The molecule has 0 aromatic carbocycles. The Kier molecular flexibility index (Phi) is 2.27. The standard InChI is InChI=1S/C13H19N3/c14-11-8-15-7-4-12(11)16-9-13(10-16)5-2-1-3-6-13/h4,7-8H,1-3,5-6,9-10,14H2. The predicted molar refractivity (Wildman–Crippen MR) is 66.4 cm³/mol. The molecule has 1 aliphatic heterocycles. The molecule has 2 heterocycles. The molecular formula is C13H19N3. The van der Waals surface area contributed by atoms with Gasteiger partial charge in [-0.2, -0.15) is 0 Å². The molecule has 2 N–H and O–H groups in total. The molecule has 0 bridgehead atoms. The van der Waals surface area contributed by atoms with E-state index in [0.717, 1.165) is 5.69 Å². The third-order valence-electron chi connectivity index (χ3n) is 4.14. The van der Waals surface area contributed by atoms with Crippen LogP contribution in [0.2, 0.25) is 0 Å². The molecule has 0 unspecified atom stereocenters. The first-order valence-corrected chi connectivity index (χ1v) is 6.24. The summed E-state index contributed by atoms with van der Waals surface area (Å²) < 4.78 is 0. The largest absolute Gasteiger partial charge is 0.396 e. The molecule has 1 saturated heterocycles. The summed E-state index contributed by atoms with van der Waals surface area (Å²) in [7, 11) is 0. The van der Waals surface area contributed by atoms with Crippen LogP contribution in [-0.4, -0.2) is 18.1 Å². The summed E-state index contributed by atoms with van der Waals surface area (Å²) in [6, 6.07) is 2.03. The van der Waals surface area contributed by atoms with Crippen molar-refractivity contribution in [2.24, 2.45) is 5.41 Å². The van der Waals surface area contributed by atoms with Gasteiger partial charge in [0.15, 0.2) is 0 Å². The summed E-state index contributed by atoms with van der Waals surface area (Å²) in [4.78, 5) is 6.44. The van der Waals surface area contributed by atoms with Gasteiger partial charge in [0.05, 0.1) is 17.6 Å². The summed E-state index contributed by atoms with van der Waals surface area (Å²) in [6.45, 7) is 2.39. The van der Waals surface area contributed by atoms with E-state index in [2.05, 4.69) is 9.88 Å². The highest BCUT2D eigenvalue weighted by Gasteiger charge is 2.43. The average molecular weight is 217 g/mol. The van der Waals surface area contributed by atoms with Crippen LogP contribution in [0.3, 0.4) is 0 Å². The first-order chi connectivity index (χ1) is 7.79. The van der Waals surface area contributed by atoms with Crippen LogP contribution in [0.25, 0.3) is 0 Å². The fraction of sp³-hybridized carbons (Fsp3) is 0.615. The van der Waals surface area contributed by atoms with Gasteiger partial charge in [0.1, 0.15) is 0 Å². The monoisotopic (exact) mass is 217 g/mol. The van der Waals surface area contributed by atoms with Gasteiger partial charge >= 0.3 is 0 Å². The lowest BCUT2D eigenvalue weighted by molar-refractivity contribution is 0.139. The number of pyridine rings is 1. The Morgan fingerprint density at radius 2 is 1.94 bits per heavy atom. The molecule has 2 aliphatic rings. The van der Waals surface area contributed by atoms with Crippen molar-refractivity contribution in [1.82, 2.24) is 4.98 Å². The Hall–Kier alpha value is -1.25. The van der Waals surface area contributed by atoms with E-state index >= 15 is 0 Å². The van der Waals surface area contributed by atoms with Gasteiger partial charge < -0.3 is 10.6 Å². The molecule has 1 aliphatic carbocycles. The Bertz CT molecular complexity index is 375. The first kappa shape index (κ1) is 9.94. The van der Waals surface area contributed by atoms with Crippen LogP contribution in [0.5, 0.6) is 0 Å². The van der Waals surface area contributed by atoms with Gasteiger partial charge in [0.2, 0.25) is 0 Å². The number of nitrogens with two attached hydrogens (primary N) is 1. The van der Waals surface area contributed by atoms with E-state index in [1.807, 2.05) is 12.3 Å². The summed E-state index contributed by atoms with van der Waals surface area (Å²) in [5.41, 5.74) is 8.55. The van der Waals surface area contributed by atoms with Crippen molar-refractivity contribution in [3.05, 3.63) is 18.5 Å². The second-order valence-corrected chi connectivity index (χ2v) is 5.35. The molecule has 0 radical (unpaired) electrons.